The second kappa shape index (κ2) is 7.61. The Morgan fingerprint density at radius 1 is 0.968 bits per heavy atom. The lowest BCUT2D eigenvalue weighted by atomic mass is 9.92. The van der Waals surface area contributed by atoms with E-state index >= 15 is 0 Å². The molecule has 4 nitrogen and oxygen atoms in total. The van der Waals surface area contributed by atoms with Crippen LogP contribution in [0.4, 0.5) is 5.69 Å². The summed E-state index contributed by atoms with van der Waals surface area (Å²) in [7, 11) is 0. The third-order valence-corrected chi connectivity index (χ3v) is 6.54. The van der Waals surface area contributed by atoms with Gasteiger partial charge in [-0.25, -0.2) is 0 Å². The summed E-state index contributed by atoms with van der Waals surface area (Å²) in [4.78, 5) is 13.3. The third kappa shape index (κ3) is 3.55. The second-order valence-corrected chi connectivity index (χ2v) is 8.95. The highest BCUT2D eigenvalue weighted by Gasteiger charge is 2.51. The van der Waals surface area contributed by atoms with Crippen LogP contribution in [0.3, 0.4) is 0 Å². The van der Waals surface area contributed by atoms with E-state index in [0.717, 1.165) is 41.0 Å². The number of hydrogen-bond acceptors (Lipinski definition) is 3. The molecular formula is C26H24ClNO3. The minimum Gasteiger partial charge on any atom is -0.454 e. The molecule has 31 heavy (non-hydrogen) atoms. The first kappa shape index (κ1) is 20.0. The van der Waals surface area contributed by atoms with Gasteiger partial charge in [-0.2, -0.15) is 0 Å². The van der Waals surface area contributed by atoms with E-state index < -0.39 is 5.41 Å². The van der Waals surface area contributed by atoms with Crippen LogP contribution in [0.2, 0.25) is 5.02 Å². The van der Waals surface area contributed by atoms with Crippen LogP contribution in [0, 0.1) is 0 Å². The summed E-state index contributed by atoms with van der Waals surface area (Å²) in [5, 5.41) is 3.80. The van der Waals surface area contributed by atoms with E-state index in [9.17, 15) is 4.79 Å². The summed E-state index contributed by atoms with van der Waals surface area (Å²) in [5.41, 5.74) is 4.44. The molecule has 1 aliphatic carbocycles. The Kier molecular flexibility index (Phi) is 4.90. The lowest BCUT2D eigenvalue weighted by molar-refractivity contribution is -0.118. The van der Waals surface area contributed by atoms with Gasteiger partial charge in [0.1, 0.15) is 0 Å². The SMILES string of the molecule is CC(C)c1ccccc1-c1cc(NC(=O)C2(c3ccc4c(c3)OCO4)CC2)ccc1Cl. The summed E-state index contributed by atoms with van der Waals surface area (Å²) in [6.45, 7) is 4.56. The fraction of sp³-hybridized carbons (Fsp3) is 0.269. The van der Waals surface area contributed by atoms with Gasteiger partial charge in [0.2, 0.25) is 12.7 Å². The van der Waals surface area contributed by atoms with E-state index in [1.165, 1.54) is 5.56 Å². The van der Waals surface area contributed by atoms with Crippen LogP contribution in [0.5, 0.6) is 11.5 Å². The number of carbonyl (C=O) groups is 1. The zero-order chi connectivity index (χ0) is 21.6. The Bertz CT molecular complexity index is 1170. The Balaban J connectivity index is 1.44. The first-order valence-electron chi connectivity index (χ1n) is 10.6. The van der Waals surface area contributed by atoms with Crippen LogP contribution in [0.15, 0.2) is 60.7 Å². The van der Waals surface area contributed by atoms with Gasteiger partial charge in [-0.3, -0.25) is 4.79 Å². The van der Waals surface area contributed by atoms with Crippen molar-refractivity contribution in [3.63, 3.8) is 0 Å². The normalized spacial score (nSPS) is 15.7. The highest BCUT2D eigenvalue weighted by Crippen LogP contribution is 2.51. The van der Waals surface area contributed by atoms with E-state index in [1.807, 2.05) is 48.5 Å². The maximum absolute atomic E-state index is 13.3. The van der Waals surface area contributed by atoms with Crippen LogP contribution in [0.1, 0.15) is 43.7 Å². The molecule has 0 saturated heterocycles. The third-order valence-electron chi connectivity index (χ3n) is 6.21. The fourth-order valence-electron chi connectivity index (χ4n) is 4.27. The molecule has 3 aromatic carbocycles. The number of nitrogens with one attached hydrogen (secondary N) is 1. The van der Waals surface area contributed by atoms with Crippen molar-refractivity contribution in [2.24, 2.45) is 0 Å². The van der Waals surface area contributed by atoms with E-state index in [2.05, 4.69) is 31.3 Å². The number of anilines is 1. The summed E-state index contributed by atoms with van der Waals surface area (Å²) in [6.07, 6.45) is 1.63. The minimum atomic E-state index is -0.517. The number of fused-ring (bicyclic) bond motifs is 1. The molecule has 158 valence electrons. The topological polar surface area (TPSA) is 47.6 Å². The molecule has 0 atom stereocenters. The summed E-state index contributed by atoms with van der Waals surface area (Å²) < 4.78 is 10.9. The van der Waals surface area contributed by atoms with Crippen molar-refractivity contribution in [3.05, 3.63) is 76.8 Å². The van der Waals surface area contributed by atoms with Crippen LogP contribution >= 0.6 is 11.6 Å². The lowest BCUT2D eigenvalue weighted by Crippen LogP contribution is -2.27. The smallest absolute Gasteiger partial charge is 0.235 e. The maximum Gasteiger partial charge on any atom is 0.235 e. The molecular weight excluding hydrogens is 410 g/mol. The molecule has 5 heteroatoms. The molecule has 1 saturated carbocycles. The molecule has 1 N–H and O–H groups in total. The monoisotopic (exact) mass is 433 g/mol. The summed E-state index contributed by atoms with van der Waals surface area (Å²) in [5.74, 6) is 1.80. The number of hydrogen-bond donors (Lipinski definition) is 1. The molecule has 1 fully saturated rings. The molecule has 0 radical (unpaired) electrons. The zero-order valence-corrected chi connectivity index (χ0v) is 18.3. The Morgan fingerprint density at radius 2 is 1.74 bits per heavy atom. The molecule has 3 aromatic rings. The second-order valence-electron chi connectivity index (χ2n) is 8.54. The molecule has 0 aromatic heterocycles. The molecule has 0 unspecified atom stereocenters. The van der Waals surface area contributed by atoms with Crippen molar-refractivity contribution in [2.75, 3.05) is 12.1 Å². The number of benzene rings is 3. The van der Waals surface area contributed by atoms with Gasteiger partial charge in [0.15, 0.2) is 11.5 Å². The average molecular weight is 434 g/mol. The van der Waals surface area contributed by atoms with Crippen LogP contribution in [0.25, 0.3) is 11.1 Å². The minimum absolute atomic E-state index is 0.00298. The molecule has 1 heterocycles. The number of carbonyl (C=O) groups excluding carboxylic acids is 1. The van der Waals surface area contributed by atoms with Crippen molar-refractivity contribution >= 4 is 23.2 Å². The number of halogens is 1. The summed E-state index contributed by atoms with van der Waals surface area (Å²) >= 11 is 6.56. The Hall–Kier alpha value is -2.98. The Morgan fingerprint density at radius 3 is 2.52 bits per heavy atom. The van der Waals surface area contributed by atoms with Gasteiger partial charge < -0.3 is 14.8 Å². The van der Waals surface area contributed by atoms with Crippen molar-refractivity contribution in [1.29, 1.82) is 0 Å². The summed E-state index contributed by atoms with van der Waals surface area (Å²) in [6, 6.07) is 19.7. The lowest BCUT2D eigenvalue weighted by Gasteiger charge is -2.18. The Labute approximate surface area is 187 Å². The highest BCUT2D eigenvalue weighted by molar-refractivity contribution is 6.33. The van der Waals surface area contributed by atoms with Crippen molar-refractivity contribution in [3.8, 4) is 22.6 Å². The first-order chi connectivity index (χ1) is 15.0. The molecule has 2 aliphatic rings. The molecule has 0 spiro atoms. The average Bonchev–Trinajstić information content (AvgIpc) is 3.46. The molecule has 0 bridgehead atoms. The number of amides is 1. The quantitative estimate of drug-likeness (QED) is 0.497. The van der Waals surface area contributed by atoms with Gasteiger partial charge >= 0.3 is 0 Å². The predicted octanol–water partition coefficient (Wildman–Crippen LogP) is 6.53. The standard InChI is InChI=1S/C26H24ClNO3/c1-16(2)19-5-3-4-6-20(19)21-14-18(8-9-22(21)27)28-25(29)26(11-12-26)17-7-10-23-24(13-17)31-15-30-23/h3-10,13-14,16H,11-12,15H2,1-2H3,(H,28,29). The number of ether oxygens (including phenoxy) is 2. The van der Waals surface area contributed by atoms with Crippen molar-refractivity contribution in [2.45, 2.75) is 38.0 Å². The molecule has 1 aliphatic heterocycles. The van der Waals surface area contributed by atoms with Crippen LogP contribution in [-0.2, 0) is 10.2 Å². The van der Waals surface area contributed by atoms with Crippen LogP contribution in [-0.4, -0.2) is 12.7 Å². The van der Waals surface area contributed by atoms with E-state index in [1.54, 1.807) is 0 Å². The fourth-order valence-corrected chi connectivity index (χ4v) is 4.49. The number of rotatable bonds is 5. The highest BCUT2D eigenvalue weighted by atomic mass is 35.5. The van der Waals surface area contributed by atoms with Gasteiger partial charge in [0.05, 0.1) is 5.41 Å². The van der Waals surface area contributed by atoms with E-state index in [0.29, 0.717) is 16.7 Å². The zero-order valence-electron chi connectivity index (χ0n) is 17.6. The van der Waals surface area contributed by atoms with Crippen LogP contribution < -0.4 is 14.8 Å². The van der Waals surface area contributed by atoms with Crippen molar-refractivity contribution < 1.29 is 14.3 Å². The predicted molar refractivity (Wildman–Crippen MR) is 123 cm³/mol. The first-order valence-corrected chi connectivity index (χ1v) is 11.0. The van der Waals surface area contributed by atoms with E-state index in [4.69, 9.17) is 21.1 Å². The van der Waals surface area contributed by atoms with Gasteiger partial charge in [-0.1, -0.05) is 55.8 Å². The van der Waals surface area contributed by atoms with Gasteiger partial charge in [0, 0.05) is 16.3 Å². The molecule has 5 rings (SSSR count). The van der Waals surface area contributed by atoms with Gasteiger partial charge in [-0.15, -0.1) is 0 Å². The van der Waals surface area contributed by atoms with Gasteiger partial charge in [0.25, 0.3) is 0 Å². The largest absolute Gasteiger partial charge is 0.454 e. The van der Waals surface area contributed by atoms with Crippen molar-refractivity contribution in [1.82, 2.24) is 0 Å². The van der Waals surface area contributed by atoms with E-state index in [-0.39, 0.29) is 12.7 Å². The maximum atomic E-state index is 13.3. The van der Waals surface area contributed by atoms with Gasteiger partial charge in [-0.05, 0) is 65.8 Å². The molecule has 1 amide bonds.